The second kappa shape index (κ2) is 4.33. The zero-order valence-electron chi connectivity index (χ0n) is 9.47. The molecule has 1 amide bonds. The first-order valence-corrected chi connectivity index (χ1v) is 5.51. The van der Waals surface area contributed by atoms with Gasteiger partial charge >= 0.3 is 0 Å². The lowest BCUT2D eigenvalue weighted by Gasteiger charge is -2.04. The van der Waals surface area contributed by atoms with E-state index in [9.17, 15) is 4.79 Å². The fourth-order valence-electron chi connectivity index (χ4n) is 1.77. The van der Waals surface area contributed by atoms with Crippen LogP contribution in [0, 0.1) is 0 Å². The fraction of sp³-hybridized carbons (Fsp3) is 0.0833. The SMILES string of the molecule is O=C(Cc1cnc[nH]1)Nc1ccc2cn[nH]c2c1. The molecule has 18 heavy (non-hydrogen) atoms. The van der Waals surface area contributed by atoms with Crippen LogP contribution < -0.4 is 5.32 Å². The molecular weight excluding hydrogens is 230 g/mol. The van der Waals surface area contributed by atoms with E-state index in [2.05, 4.69) is 25.5 Å². The molecule has 0 spiro atoms. The van der Waals surface area contributed by atoms with E-state index in [1.165, 1.54) is 0 Å². The third-order valence-electron chi connectivity index (χ3n) is 2.63. The van der Waals surface area contributed by atoms with Gasteiger partial charge in [-0.2, -0.15) is 5.10 Å². The molecule has 0 unspecified atom stereocenters. The minimum absolute atomic E-state index is 0.0851. The minimum atomic E-state index is -0.0851. The Balaban J connectivity index is 1.73. The van der Waals surface area contributed by atoms with Crippen LogP contribution in [0.15, 0.2) is 36.9 Å². The highest BCUT2D eigenvalue weighted by Gasteiger charge is 2.05. The van der Waals surface area contributed by atoms with Gasteiger partial charge in [0.2, 0.25) is 5.91 Å². The molecule has 0 aliphatic rings. The Morgan fingerprint density at radius 1 is 1.33 bits per heavy atom. The second-order valence-electron chi connectivity index (χ2n) is 3.97. The van der Waals surface area contributed by atoms with Crippen molar-refractivity contribution in [1.82, 2.24) is 20.2 Å². The molecule has 3 N–H and O–H groups in total. The van der Waals surface area contributed by atoms with Gasteiger partial charge in [0.05, 0.1) is 24.5 Å². The summed E-state index contributed by atoms with van der Waals surface area (Å²) in [4.78, 5) is 18.5. The summed E-state index contributed by atoms with van der Waals surface area (Å²) < 4.78 is 0. The molecule has 0 radical (unpaired) electrons. The second-order valence-corrected chi connectivity index (χ2v) is 3.97. The third kappa shape index (κ3) is 2.08. The van der Waals surface area contributed by atoms with Crippen molar-refractivity contribution in [3.8, 4) is 0 Å². The topological polar surface area (TPSA) is 86.5 Å². The molecule has 6 nitrogen and oxygen atoms in total. The van der Waals surface area contributed by atoms with Gasteiger partial charge in [-0.15, -0.1) is 0 Å². The van der Waals surface area contributed by atoms with Crippen molar-refractivity contribution in [2.75, 3.05) is 5.32 Å². The van der Waals surface area contributed by atoms with E-state index in [1.54, 1.807) is 18.7 Å². The number of anilines is 1. The lowest BCUT2D eigenvalue weighted by Crippen LogP contribution is -2.14. The molecule has 90 valence electrons. The normalized spacial score (nSPS) is 10.7. The molecule has 6 heteroatoms. The number of hydrogen-bond donors (Lipinski definition) is 3. The van der Waals surface area contributed by atoms with E-state index < -0.39 is 0 Å². The fourth-order valence-corrected chi connectivity index (χ4v) is 1.77. The van der Waals surface area contributed by atoms with Crippen LogP contribution in [-0.2, 0) is 11.2 Å². The molecule has 2 aromatic heterocycles. The van der Waals surface area contributed by atoms with Gasteiger partial charge in [0.25, 0.3) is 0 Å². The number of nitrogens with zero attached hydrogens (tertiary/aromatic N) is 2. The minimum Gasteiger partial charge on any atom is -0.348 e. The predicted octanol–water partition coefficient (Wildman–Crippen LogP) is 1.47. The van der Waals surface area contributed by atoms with Crippen LogP contribution in [0.2, 0.25) is 0 Å². The number of fused-ring (bicyclic) bond motifs is 1. The Morgan fingerprint density at radius 3 is 3.11 bits per heavy atom. The summed E-state index contributed by atoms with van der Waals surface area (Å²) in [5.74, 6) is -0.0851. The standard InChI is InChI=1S/C12H11N5O/c18-12(4-10-6-13-7-14-10)16-9-2-1-8-5-15-17-11(8)3-9/h1-3,5-7H,4H2,(H,13,14)(H,15,17)(H,16,18). The summed E-state index contributed by atoms with van der Waals surface area (Å²) >= 11 is 0. The summed E-state index contributed by atoms with van der Waals surface area (Å²) in [6.07, 6.45) is 5.21. The lowest BCUT2D eigenvalue weighted by molar-refractivity contribution is -0.115. The molecule has 0 saturated carbocycles. The van der Waals surface area contributed by atoms with Crippen molar-refractivity contribution in [2.45, 2.75) is 6.42 Å². The maximum absolute atomic E-state index is 11.8. The number of amides is 1. The van der Waals surface area contributed by atoms with Crippen molar-refractivity contribution in [2.24, 2.45) is 0 Å². The molecule has 3 rings (SSSR count). The summed E-state index contributed by atoms with van der Waals surface area (Å²) in [6, 6.07) is 5.61. The maximum Gasteiger partial charge on any atom is 0.230 e. The molecule has 0 fully saturated rings. The van der Waals surface area contributed by atoms with Crippen molar-refractivity contribution in [1.29, 1.82) is 0 Å². The van der Waals surface area contributed by atoms with Gasteiger partial charge in [-0.3, -0.25) is 9.89 Å². The Kier molecular flexibility index (Phi) is 2.53. The number of rotatable bonds is 3. The predicted molar refractivity (Wildman–Crippen MR) is 67.0 cm³/mol. The summed E-state index contributed by atoms with van der Waals surface area (Å²) in [7, 11) is 0. The first-order valence-electron chi connectivity index (χ1n) is 5.51. The number of H-pyrrole nitrogens is 2. The van der Waals surface area contributed by atoms with E-state index in [0.717, 1.165) is 22.3 Å². The van der Waals surface area contributed by atoms with Gasteiger partial charge < -0.3 is 10.3 Å². The average Bonchev–Trinajstić information content (AvgIpc) is 2.98. The number of imidazole rings is 1. The number of carbonyl (C=O) groups is 1. The van der Waals surface area contributed by atoms with Crippen LogP contribution in [0.3, 0.4) is 0 Å². The molecule has 1 aromatic carbocycles. The highest BCUT2D eigenvalue weighted by Crippen LogP contribution is 2.16. The number of nitrogens with one attached hydrogen (secondary N) is 3. The summed E-state index contributed by atoms with van der Waals surface area (Å²) in [5.41, 5.74) is 2.43. The van der Waals surface area contributed by atoms with E-state index in [0.29, 0.717) is 0 Å². The molecular formula is C12H11N5O. The Bertz CT molecular complexity index is 671. The highest BCUT2D eigenvalue weighted by atomic mass is 16.1. The molecule has 0 saturated heterocycles. The van der Waals surface area contributed by atoms with Gasteiger partial charge in [0.15, 0.2) is 0 Å². The average molecular weight is 241 g/mol. The first kappa shape index (κ1) is 10.5. The van der Waals surface area contributed by atoms with E-state index in [1.807, 2.05) is 18.2 Å². The van der Waals surface area contributed by atoms with Crippen LogP contribution >= 0.6 is 0 Å². The summed E-state index contributed by atoms with van der Waals surface area (Å²) in [6.45, 7) is 0. The van der Waals surface area contributed by atoms with E-state index >= 15 is 0 Å². The molecule has 0 bridgehead atoms. The monoisotopic (exact) mass is 241 g/mol. The molecule has 2 heterocycles. The molecule has 0 aliphatic carbocycles. The maximum atomic E-state index is 11.8. The third-order valence-corrected chi connectivity index (χ3v) is 2.63. The Morgan fingerprint density at radius 2 is 2.28 bits per heavy atom. The van der Waals surface area contributed by atoms with Crippen molar-refractivity contribution in [3.63, 3.8) is 0 Å². The number of carbonyl (C=O) groups excluding carboxylic acids is 1. The van der Waals surface area contributed by atoms with Crippen molar-refractivity contribution >= 4 is 22.5 Å². The zero-order chi connectivity index (χ0) is 12.4. The van der Waals surface area contributed by atoms with Crippen LogP contribution in [-0.4, -0.2) is 26.1 Å². The van der Waals surface area contributed by atoms with Crippen molar-refractivity contribution < 1.29 is 4.79 Å². The first-order chi connectivity index (χ1) is 8.81. The van der Waals surface area contributed by atoms with Gasteiger partial charge in [-0.25, -0.2) is 4.98 Å². The van der Waals surface area contributed by atoms with Crippen LogP contribution in [0.4, 0.5) is 5.69 Å². The van der Waals surface area contributed by atoms with Gasteiger partial charge in [0, 0.05) is 23.0 Å². The van der Waals surface area contributed by atoms with E-state index in [-0.39, 0.29) is 12.3 Å². The van der Waals surface area contributed by atoms with Crippen molar-refractivity contribution in [3.05, 3.63) is 42.6 Å². The molecule has 0 aliphatic heterocycles. The van der Waals surface area contributed by atoms with Gasteiger partial charge in [-0.05, 0) is 18.2 Å². The van der Waals surface area contributed by atoms with Gasteiger partial charge in [-0.1, -0.05) is 0 Å². The van der Waals surface area contributed by atoms with Gasteiger partial charge in [0.1, 0.15) is 0 Å². The Labute approximate surface area is 102 Å². The number of hydrogen-bond acceptors (Lipinski definition) is 3. The number of aromatic nitrogens is 4. The Hall–Kier alpha value is -2.63. The summed E-state index contributed by atoms with van der Waals surface area (Å²) in [5, 5.41) is 10.6. The zero-order valence-corrected chi connectivity index (χ0v) is 9.47. The molecule has 3 aromatic rings. The largest absolute Gasteiger partial charge is 0.348 e. The van der Waals surface area contributed by atoms with Crippen LogP contribution in [0.25, 0.3) is 10.9 Å². The number of benzene rings is 1. The quantitative estimate of drug-likeness (QED) is 0.649. The highest BCUT2D eigenvalue weighted by molar-refractivity contribution is 5.94. The number of aromatic amines is 2. The lowest BCUT2D eigenvalue weighted by atomic mass is 10.2. The molecule has 0 atom stereocenters. The van der Waals surface area contributed by atoms with Crippen LogP contribution in [0.1, 0.15) is 5.69 Å². The smallest absolute Gasteiger partial charge is 0.230 e. The van der Waals surface area contributed by atoms with Crippen LogP contribution in [0.5, 0.6) is 0 Å². The van der Waals surface area contributed by atoms with E-state index in [4.69, 9.17) is 0 Å².